The van der Waals surface area contributed by atoms with Gasteiger partial charge in [-0.2, -0.15) is 9.49 Å². The van der Waals surface area contributed by atoms with E-state index in [0.29, 0.717) is 18.7 Å². The van der Waals surface area contributed by atoms with Gasteiger partial charge in [0, 0.05) is 18.7 Å². The fourth-order valence-corrected chi connectivity index (χ4v) is 1.49. The lowest BCUT2D eigenvalue weighted by molar-refractivity contribution is 0.393. The van der Waals surface area contributed by atoms with E-state index in [2.05, 4.69) is 15.3 Å². The topological polar surface area (TPSA) is 33.1 Å². The van der Waals surface area contributed by atoms with E-state index in [1.165, 1.54) is 4.68 Å². The Bertz CT molecular complexity index is 309. The lowest BCUT2D eigenvalue weighted by Gasteiger charge is -2.09. The van der Waals surface area contributed by atoms with Gasteiger partial charge in [0.1, 0.15) is 0 Å². The van der Waals surface area contributed by atoms with Gasteiger partial charge in [-0.25, -0.2) is 4.68 Å². The van der Waals surface area contributed by atoms with Crippen molar-refractivity contribution in [3.63, 3.8) is 0 Å². The molecule has 1 aromatic heterocycles. The fraction of sp³-hybridized carbons (Fsp3) is 0.727. The first-order chi connectivity index (χ1) is 7.65. The summed E-state index contributed by atoms with van der Waals surface area (Å²) in [5.74, 6) is -0.220. The standard InChI is InChI=1S/C11H21FN4/c1-4-16-11(12)10(9-14-16)8-13-6-5-7-15(2)3/h9,13H,4-8H2,1-3H3. The molecule has 0 spiro atoms. The van der Waals surface area contributed by atoms with E-state index in [-0.39, 0.29) is 5.95 Å². The Labute approximate surface area is 96.4 Å². The number of hydrogen-bond donors (Lipinski definition) is 1. The second kappa shape index (κ2) is 6.60. The zero-order chi connectivity index (χ0) is 12.0. The van der Waals surface area contributed by atoms with Crippen molar-refractivity contribution in [1.82, 2.24) is 20.0 Å². The minimum Gasteiger partial charge on any atom is -0.312 e. The molecule has 0 atom stereocenters. The van der Waals surface area contributed by atoms with Crippen molar-refractivity contribution in [2.45, 2.75) is 26.4 Å². The van der Waals surface area contributed by atoms with Gasteiger partial charge in [0.25, 0.3) is 0 Å². The highest BCUT2D eigenvalue weighted by atomic mass is 19.1. The molecule has 1 heterocycles. The van der Waals surface area contributed by atoms with Gasteiger partial charge in [-0.15, -0.1) is 0 Å². The smallest absolute Gasteiger partial charge is 0.215 e. The predicted octanol–water partition coefficient (Wildman–Crippen LogP) is 1.08. The minimum atomic E-state index is -0.220. The van der Waals surface area contributed by atoms with Crippen LogP contribution in [0.3, 0.4) is 0 Å². The maximum absolute atomic E-state index is 13.5. The molecule has 0 aliphatic rings. The van der Waals surface area contributed by atoms with Crippen LogP contribution in [0.2, 0.25) is 0 Å². The molecule has 0 bridgehead atoms. The maximum Gasteiger partial charge on any atom is 0.215 e. The Morgan fingerprint density at radius 2 is 2.25 bits per heavy atom. The zero-order valence-electron chi connectivity index (χ0n) is 10.3. The van der Waals surface area contributed by atoms with Crippen molar-refractivity contribution < 1.29 is 4.39 Å². The predicted molar refractivity (Wildman–Crippen MR) is 62.7 cm³/mol. The second-order valence-electron chi connectivity index (χ2n) is 4.11. The Hall–Kier alpha value is -0.940. The van der Waals surface area contributed by atoms with Gasteiger partial charge >= 0.3 is 0 Å². The Kier molecular flexibility index (Phi) is 5.42. The SMILES string of the molecule is CCn1ncc(CNCCCN(C)C)c1F. The molecular weight excluding hydrogens is 207 g/mol. The number of rotatable bonds is 7. The van der Waals surface area contributed by atoms with Crippen LogP contribution >= 0.6 is 0 Å². The summed E-state index contributed by atoms with van der Waals surface area (Å²) in [6, 6.07) is 0. The van der Waals surface area contributed by atoms with Crippen LogP contribution in [0.5, 0.6) is 0 Å². The minimum absolute atomic E-state index is 0.220. The van der Waals surface area contributed by atoms with Crippen molar-refractivity contribution in [3.8, 4) is 0 Å². The summed E-state index contributed by atoms with van der Waals surface area (Å²) in [5.41, 5.74) is 0.645. The first-order valence-corrected chi connectivity index (χ1v) is 5.70. The molecule has 1 aromatic rings. The number of hydrogen-bond acceptors (Lipinski definition) is 3. The summed E-state index contributed by atoms with van der Waals surface area (Å²) in [6.45, 7) is 4.95. The molecule has 0 aromatic carbocycles. The van der Waals surface area contributed by atoms with E-state index in [4.69, 9.17) is 0 Å². The van der Waals surface area contributed by atoms with Crippen LogP contribution < -0.4 is 5.32 Å². The molecule has 16 heavy (non-hydrogen) atoms. The summed E-state index contributed by atoms with van der Waals surface area (Å²) in [7, 11) is 4.09. The molecule has 5 heteroatoms. The van der Waals surface area contributed by atoms with Gasteiger partial charge < -0.3 is 10.2 Å². The van der Waals surface area contributed by atoms with Gasteiger partial charge in [-0.05, 0) is 40.5 Å². The Morgan fingerprint density at radius 1 is 1.50 bits per heavy atom. The van der Waals surface area contributed by atoms with Crippen molar-refractivity contribution in [2.75, 3.05) is 27.2 Å². The molecule has 0 aliphatic heterocycles. The average molecular weight is 228 g/mol. The molecule has 0 radical (unpaired) electrons. The van der Waals surface area contributed by atoms with E-state index < -0.39 is 0 Å². The van der Waals surface area contributed by atoms with Crippen molar-refractivity contribution in [2.24, 2.45) is 0 Å². The molecule has 4 nitrogen and oxygen atoms in total. The number of nitrogens with one attached hydrogen (secondary N) is 1. The van der Waals surface area contributed by atoms with Gasteiger partial charge in [0.05, 0.1) is 6.20 Å². The van der Waals surface area contributed by atoms with Crippen LogP contribution in [0, 0.1) is 5.95 Å². The van der Waals surface area contributed by atoms with E-state index in [1.54, 1.807) is 6.20 Å². The van der Waals surface area contributed by atoms with Crippen LogP contribution in [-0.2, 0) is 13.1 Å². The number of aromatic nitrogens is 2. The van der Waals surface area contributed by atoms with E-state index in [1.807, 2.05) is 21.0 Å². The van der Waals surface area contributed by atoms with E-state index in [9.17, 15) is 4.39 Å². The third-order valence-electron chi connectivity index (χ3n) is 2.42. The summed E-state index contributed by atoms with van der Waals surface area (Å²) in [6.07, 6.45) is 2.66. The molecule has 0 saturated heterocycles. The molecule has 1 N–H and O–H groups in total. The molecule has 0 saturated carbocycles. The fourth-order valence-electron chi connectivity index (χ4n) is 1.49. The summed E-state index contributed by atoms with van der Waals surface area (Å²) < 4.78 is 14.9. The van der Waals surface area contributed by atoms with Gasteiger partial charge in [0.15, 0.2) is 0 Å². The highest BCUT2D eigenvalue weighted by Gasteiger charge is 2.07. The largest absolute Gasteiger partial charge is 0.312 e. The highest BCUT2D eigenvalue weighted by Crippen LogP contribution is 2.05. The maximum atomic E-state index is 13.5. The average Bonchev–Trinajstić information content (AvgIpc) is 2.59. The third kappa shape index (κ3) is 3.90. The summed E-state index contributed by atoms with van der Waals surface area (Å²) in [5, 5.41) is 7.17. The Balaban J connectivity index is 2.24. The molecule has 0 aliphatic carbocycles. The van der Waals surface area contributed by atoms with E-state index in [0.717, 1.165) is 19.5 Å². The normalized spacial score (nSPS) is 11.3. The molecule has 92 valence electrons. The lowest BCUT2D eigenvalue weighted by Crippen LogP contribution is -2.21. The zero-order valence-corrected chi connectivity index (χ0v) is 10.3. The molecule has 0 amide bonds. The lowest BCUT2D eigenvalue weighted by atomic mass is 10.3. The summed E-state index contributed by atoms with van der Waals surface area (Å²) >= 11 is 0. The van der Waals surface area contributed by atoms with Crippen LogP contribution in [0.1, 0.15) is 18.9 Å². The van der Waals surface area contributed by atoms with Crippen molar-refractivity contribution in [3.05, 3.63) is 17.7 Å². The van der Waals surface area contributed by atoms with Crippen LogP contribution in [0.25, 0.3) is 0 Å². The van der Waals surface area contributed by atoms with Crippen molar-refractivity contribution in [1.29, 1.82) is 0 Å². The highest BCUT2D eigenvalue weighted by molar-refractivity contribution is 5.06. The van der Waals surface area contributed by atoms with E-state index >= 15 is 0 Å². The quantitative estimate of drug-likeness (QED) is 0.709. The monoisotopic (exact) mass is 228 g/mol. The van der Waals surface area contributed by atoms with Crippen LogP contribution in [0.4, 0.5) is 4.39 Å². The Morgan fingerprint density at radius 3 is 2.81 bits per heavy atom. The van der Waals surface area contributed by atoms with Crippen LogP contribution in [-0.4, -0.2) is 41.9 Å². The third-order valence-corrected chi connectivity index (χ3v) is 2.42. The molecular formula is C11H21FN4. The van der Waals surface area contributed by atoms with Gasteiger partial charge in [0.2, 0.25) is 5.95 Å². The first kappa shape index (κ1) is 13.1. The number of aryl methyl sites for hydroxylation is 1. The molecule has 1 rings (SSSR count). The van der Waals surface area contributed by atoms with Crippen molar-refractivity contribution >= 4 is 0 Å². The summed E-state index contributed by atoms with van der Waals surface area (Å²) in [4.78, 5) is 2.14. The second-order valence-corrected chi connectivity index (χ2v) is 4.11. The van der Waals surface area contributed by atoms with Gasteiger partial charge in [-0.1, -0.05) is 0 Å². The first-order valence-electron chi connectivity index (χ1n) is 5.70. The molecule has 0 fully saturated rings. The number of nitrogens with zero attached hydrogens (tertiary/aromatic N) is 3. The van der Waals surface area contributed by atoms with Gasteiger partial charge in [-0.3, -0.25) is 0 Å². The van der Waals surface area contributed by atoms with Crippen LogP contribution in [0.15, 0.2) is 6.20 Å². The number of halogens is 1. The molecule has 0 unspecified atom stereocenters.